The highest BCUT2D eigenvalue weighted by Gasteiger charge is 2.24. The van der Waals surface area contributed by atoms with Crippen molar-refractivity contribution in [1.82, 2.24) is 14.9 Å². The molecule has 0 unspecified atom stereocenters. The zero-order valence-corrected chi connectivity index (χ0v) is 16.3. The lowest BCUT2D eigenvalue weighted by Crippen LogP contribution is -2.44. The Morgan fingerprint density at radius 2 is 1.93 bits per heavy atom. The first kappa shape index (κ1) is 18.7. The number of piperazine rings is 1. The maximum atomic E-state index is 13.9. The standard InChI is InChI=1S/C19H19F2N5OS/c1-11-15-17(26-7-5-25(2)6-8-26)22-10-23-19(15)28-16(11)18(27)24-14-4-3-12(20)9-13(14)21/h3-4,9-10H,5-8H2,1-2H3,(H,24,27). The second-order valence-corrected chi connectivity index (χ2v) is 7.80. The van der Waals surface area contributed by atoms with Crippen LogP contribution in [0, 0.1) is 18.6 Å². The first-order valence-electron chi connectivity index (χ1n) is 8.88. The molecule has 0 aliphatic carbocycles. The zero-order chi connectivity index (χ0) is 19.8. The molecule has 1 amide bonds. The fourth-order valence-electron chi connectivity index (χ4n) is 3.30. The van der Waals surface area contributed by atoms with Gasteiger partial charge in [0.15, 0.2) is 0 Å². The second kappa shape index (κ2) is 7.40. The number of fused-ring (bicyclic) bond motifs is 1. The van der Waals surface area contributed by atoms with Crippen molar-refractivity contribution in [3.63, 3.8) is 0 Å². The lowest BCUT2D eigenvalue weighted by atomic mass is 10.1. The SMILES string of the molecule is Cc1c(C(=O)Nc2ccc(F)cc2F)sc2ncnc(N3CCN(C)CC3)c12. The van der Waals surface area contributed by atoms with E-state index < -0.39 is 17.5 Å². The highest BCUT2D eigenvalue weighted by molar-refractivity contribution is 7.20. The Labute approximate surface area is 164 Å². The average molecular weight is 403 g/mol. The summed E-state index contributed by atoms with van der Waals surface area (Å²) in [5.74, 6) is -1.14. The lowest BCUT2D eigenvalue weighted by Gasteiger charge is -2.33. The van der Waals surface area contributed by atoms with Gasteiger partial charge in [-0.05, 0) is 31.7 Å². The summed E-state index contributed by atoms with van der Waals surface area (Å²) in [5.41, 5.74) is 0.697. The van der Waals surface area contributed by atoms with Gasteiger partial charge in [-0.1, -0.05) is 0 Å². The van der Waals surface area contributed by atoms with Crippen LogP contribution < -0.4 is 10.2 Å². The van der Waals surface area contributed by atoms with Gasteiger partial charge >= 0.3 is 0 Å². The van der Waals surface area contributed by atoms with Crippen molar-refractivity contribution in [3.8, 4) is 0 Å². The van der Waals surface area contributed by atoms with E-state index in [4.69, 9.17) is 0 Å². The summed E-state index contributed by atoms with van der Waals surface area (Å²) in [6.07, 6.45) is 1.51. The first-order chi connectivity index (χ1) is 13.4. The number of nitrogens with one attached hydrogen (secondary N) is 1. The summed E-state index contributed by atoms with van der Waals surface area (Å²) in [4.78, 5) is 27.1. The number of thiophene rings is 1. The number of benzene rings is 1. The maximum Gasteiger partial charge on any atom is 0.266 e. The molecule has 0 radical (unpaired) electrons. The molecule has 3 aromatic rings. The molecule has 1 aliphatic rings. The van der Waals surface area contributed by atoms with Crippen LogP contribution in [0.25, 0.3) is 10.2 Å². The summed E-state index contributed by atoms with van der Waals surface area (Å²) in [6.45, 7) is 5.41. The van der Waals surface area contributed by atoms with Gasteiger partial charge in [0.25, 0.3) is 5.91 Å². The fraction of sp³-hybridized carbons (Fsp3) is 0.316. The third-order valence-electron chi connectivity index (χ3n) is 4.90. The average Bonchev–Trinajstić information content (AvgIpc) is 3.02. The van der Waals surface area contributed by atoms with Crippen LogP contribution in [0.1, 0.15) is 15.2 Å². The normalized spacial score (nSPS) is 15.2. The van der Waals surface area contributed by atoms with E-state index >= 15 is 0 Å². The molecule has 0 spiro atoms. The molecule has 1 aliphatic heterocycles. The van der Waals surface area contributed by atoms with Gasteiger partial charge in [-0.25, -0.2) is 18.7 Å². The van der Waals surface area contributed by atoms with E-state index in [1.165, 1.54) is 23.7 Å². The minimum Gasteiger partial charge on any atom is -0.353 e. The Kier molecular flexibility index (Phi) is 4.94. The number of anilines is 2. The fourth-order valence-corrected chi connectivity index (χ4v) is 4.34. The molecule has 1 aromatic carbocycles. The quantitative estimate of drug-likeness (QED) is 0.727. The van der Waals surface area contributed by atoms with Crippen LogP contribution in [0.5, 0.6) is 0 Å². The van der Waals surface area contributed by atoms with Crippen LogP contribution in [0.2, 0.25) is 0 Å². The first-order valence-corrected chi connectivity index (χ1v) is 9.69. The molecular formula is C19H19F2N5OS. The molecular weight excluding hydrogens is 384 g/mol. The Morgan fingerprint density at radius 3 is 2.64 bits per heavy atom. The topological polar surface area (TPSA) is 61.4 Å². The lowest BCUT2D eigenvalue weighted by molar-refractivity contribution is 0.102. The van der Waals surface area contributed by atoms with Crippen LogP contribution in [0.4, 0.5) is 20.3 Å². The highest BCUT2D eigenvalue weighted by atomic mass is 32.1. The minimum atomic E-state index is -0.815. The third-order valence-corrected chi connectivity index (χ3v) is 6.09. The van der Waals surface area contributed by atoms with Crippen LogP contribution in [0.3, 0.4) is 0 Å². The molecule has 9 heteroatoms. The van der Waals surface area contributed by atoms with Gasteiger partial charge < -0.3 is 15.1 Å². The minimum absolute atomic E-state index is 0.0615. The van der Waals surface area contributed by atoms with Gasteiger partial charge in [0.1, 0.15) is 28.6 Å². The molecule has 0 atom stereocenters. The number of aryl methyl sites for hydroxylation is 1. The number of amides is 1. The van der Waals surface area contributed by atoms with E-state index in [9.17, 15) is 13.6 Å². The van der Waals surface area contributed by atoms with E-state index in [1.807, 2.05) is 6.92 Å². The van der Waals surface area contributed by atoms with Crippen molar-refractivity contribution in [3.05, 3.63) is 46.6 Å². The number of halogens is 2. The molecule has 1 N–H and O–H groups in total. The van der Waals surface area contributed by atoms with Crippen molar-refractivity contribution < 1.29 is 13.6 Å². The smallest absolute Gasteiger partial charge is 0.266 e. The molecule has 28 heavy (non-hydrogen) atoms. The van der Waals surface area contributed by atoms with Gasteiger partial charge in [-0.3, -0.25) is 4.79 Å². The molecule has 6 nitrogen and oxygen atoms in total. The van der Waals surface area contributed by atoms with Crippen molar-refractivity contribution in [2.75, 3.05) is 43.4 Å². The summed E-state index contributed by atoms with van der Waals surface area (Å²) < 4.78 is 27.0. The predicted molar refractivity (Wildman–Crippen MR) is 106 cm³/mol. The Morgan fingerprint density at radius 1 is 1.18 bits per heavy atom. The number of aromatic nitrogens is 2. The number of hydrogen-bond acceptors (Lipinski definition) is 6. The number of hydrogen-bond donors (Lipinski definition) is 1. The van der Waals surface area contributed by atoms with Gasteiger partial charge in [0.2, 0.25) is 0 Å². The summed E-state index contributed by atoms with van der Waals surface area (Å²) in [7, 11) is 2.08. The molecule has 0 saturated carbocycles. The predicted octanol–water partition coefficient (Wildman–Crippen LogP) is 3.28. The number of nitrogens with zero attached hydrogens (tertiary/aromatic N) is 4. The van der Waals surface area contributed by atoms with E-state index in [2.05, 4.69) is 32.1 Å². The van der Waals surface area contributed by atoms with Crippen molar-refractivity contribution in [1.29, 1.82) is 0 Å². The molecule has 1 saturated heterocycles. The molecule has 3 heterocycles. The van der Waals surface area contributed by atoms with Crippen LogP contribution in [-0.4, -0.2) is 54.0 Å². The Bertz CT molecular complexity index is 1050. The van der Waals surface area contributed by atoms with E-state index in [0.29, 0.717) is 9.71 Å². The number of carbonyl (C=O) groups is 1. The van der Waals surface area contributed by atoms with Crippen molar-refractivity contribution in [2.45, 2.75) is 6.92 Å². The van der Waals surface area contributed by atoms with Gasteiger partial charge in [-0.15, -0.1) is 11.3 Å². The largest absolute Gasteiger partial charge is 0.353 e. The molecule has 2 aromatic heterocycles. The molecule has 146 valence electrons. The maximum absolute atomic E-state index is 13.9. The van der Waals surface area contributed by atoms with Gasteiger partial charge in [0, 0.05) is 32.2 Å². The van der Waals surface area contributed by atoms with E-state index in [0.717, 1.165) is 55.1 Å². The summed E-state index contributed by atoms with van der Waals surface area (Å²) >= 11 is 1.24. The van der Waals surface area contributed by atoms with E-state index in [-0.39, 0.29) is 5.69 Å². The Balaban J connectivity index is 1.68. The van der Waals surface area contributed by atoms with Crippen LogP contribution in [0.15, 0.2) is 24.5 Å². The molecule has 4 rings (SSSR count). The number of likely N-dealkylation sites (N-methyl/N-ethyl adjacent to an activating group) is 1. The summed E-state index contributed by atoms with van der Waals surface area (Å²) in [6, 6.07) is 3.05. The van der Waals surface area contributed by atoms with Crippen LogP contribution in [-0.2, 0) is 0 Å². The molecule has 1 fully saturated rings. The zero-order valence-electron chi connectivity index (χ0n) is 15.5. The molecule has 0 bridgehead atoms. The summed E-state index contributed by atoms with van der Waals surface area (Å²) in [5, 5.41) is 3.37. The van der Waals surface area contributed by atoms with Crippen molar-refractivity contribution in [2.24, 2.45) is 0 Å². The number of rotatable bonds is 3. The third kappa shape index (κ3) is 3.43. The van der Waals surface area contributed by atoms with E-state index in [1.54, 1.807) is 0 Å². The monoisotopic (exact) mass is 403 g/mol. The highest BCUT2D eigenvalue weighted by Crippen LogP contribution is 2.35. The van der Waals surface area contributed by atoms with Crippen molar-refractivity contribution >= 4 is 39.0 Å². The van der Waals surface area contributed by atoms with Crippen LogP contribution >= 0.6 is 11.3 Å². The number of carbonyl (C=O) groups excluding carboxylic acids is 1. The van der Waals surface area contributed by atoms with Gasteiger partial charge in [-0.2, -0.15) is 0 Å². The van der Waals surface area contributed by atoms with Gasteiger partial charge in [0.05, 0.1) is 16.0 Å². The Hall–Kier alpha value is -2.65. The second-order valence-electron chi connectivity index (χ2n) is 6.80.